The third-order valence-electron chi connectivity index (χ3n) is 1.80. The smallest absolute Gasteiger partial charge is 0.171 e. The van der Waals surface area contributed by atoms with Gasteiger partial charge < -0.3 is 0 Å². The molecule has 0 aromatic rings. The Hall–Kier alpha value is -1.10. The monoisotopic (exact) mass is 328 g/mol. The van der Waals surface area contributed by atoms with E-state index >= 15 is 0 Å². The van der Waals surface area contributed by atoms with E-state index in [9.17, 15) is 52.7 Å². The van der Waals surface area contributed by atoms with E-state index in [1.807, 2.05) is 0 Å². The highest BCUT2D eigenvalue weighted by Gasteiger charge is 2.51. The maximum Gasteiger partial charge on any atom is 0.413 e. The van der Waals surface area contributed by atoms with Crippen LogP contribution in [0.1, 0.15) is 12.8 Å². The van der Waals surface area contributed by atoms with E-state index in [1.54, 1.807) is 0 Å². The SMILES string of the molecule is FC(F)(F)CC(=C(CC(F)(F)F)C(F)(F)F)C(F)(F)F. The molecule has 0 nitrogen and oxygen atoms in total. The molecule has 0 aliphatic carbocycles. The molecule has 0 heterocycles. The first-order valence-electron chi connectivity index (χ1n) is 4.43. The Balaban J connectivity index is 6.02. The van der Waals surface area contributed by atoms with Gasteiger partial charge in [0, 0.05) is 0 Å². The highest BCUT2D eigenvalue weighted by atomic mass is 19.4. The maximum absolute atomic E-state index is 12.2. The van der Waals surface area contributed by atoms with Crippen LogP contribution in [0.25, 0.3) is 0 Å². The van der Waals surface area contributed by atoms with Crippen molar-refractivity contribution in [2.45, 2.75) is 37.5 Å². The lowest BCUT2D eigenvalue weighted by Gasteiger charge is -2.22. The predicted octanol–water partition coefficient (Wildman–Crippen LogP) is 5.31. The van der Waals surface area contributed by atoms with Crippen molar-refractivity contribution in [3.05, 3.63) is 11.1 Å². The summed E-state index contributed by atoms with van der Waals surface area (Å²) in [6.45, 7) is 0. The molecule has 0 aliphatic heterocycles. The van der Waals surface area contributed by atoms with Crippen molar-refractivity contribution in [1.82, 2.24) is 0 Å². The zero-order valence-electron chi connectivity index (χ0n) is 8.95. The van der Waals surface area contributed by atoms with Gasteiger partial charge in [0.15, 0.2) is 0 Å². The molecule has 0 rings (SSSR count). The highest BCUT2D eigenvalue weighted by molar-refractivity contribution is 5.25. The summed E-state index contributed by atoms with van der Waals surface area (Å²) in [5.41, 5.74) is -6.59. The van der Waals surface area contributed by atoms with Gasteiger partial charge in [-0.2, -0.15) is 52.7 Å². The number of halogens is 12. The van der Waals surface area contributed by atoms with E-state index in [0.29, 0.717) is 0 Å². The standard InChI is InChI=1S/C8H4F12/c9-5(10,11)1-3(7(15,16)17)4(8(18,19)20)2-6(12,13)14/h1-2H2. The van der Waals surface area contributed by atoms with Gasteiger partial charge in [0.2, 0.25) is 0 Å². The van der Waals surface area contributed by atoms with Crippen molar-refractivity contribution in [2.24, 2.45) is 0 Å². The fourth-order valence-corrected chi connectivity index (χ4v) is 1.16. The van der Waals surface area contributed by atoms with E-state index in [2.05, 4.69) is 0 Å². The summed E-state index contributed by atoms with van der Waals surface area (Å²) in [5, 5.41) is 0. The van der Waals surface area contributed by atoms with Crippen molar-refractivity contribution >= 4 is 0 Å². The normalized spacial score (nSPS) is 16.2. The zero-order valence-corrected chi connectivity index (χ0v) is 8.95. The second kappa shape index (κ2) is 5.35. The third kappa shape index (κ3) is 6.89. The lowest BCUT2D eigenvalue weighted by molar-refractivity contribution is -0.168. The molecule has 0 atom stereocenters. The molecule has 12 heteroatoms. The molecule has 0 saturated heterocycles. The van der Waals surface area contributed by atoms with E-state index in [0.717, 1.165) is 0 Å². The van der Waals surface area contributed by atoms with Gasteiger partial charge in [0.1, 0.15) is 0 Å². The summed E-state index contributed by atoms with van der Waals surface area (Å²) in [7, 11) is 0. The lowest BCUT2D eigenvalue weighted by atomic mass is 10.0. The minimum Gasteiger partial charge on any atom is -0.171 e. The van der Waals surface area contributed by atoms with Crippen LogP contribution < -0.4 is 0 Å². The summed E-state index contributed by atoms with van der Waals surface area (Å²) in [6, 6.07) is 0. The van der Waals surface area contributed by atoms with Gasteiger partial charge in [-0.1, -0.05) is 0 Å². The Morgan fingerprint density at radius 2 is 0.650 bits per heavy atom. The van der Waals surface area contributed by atoms with Gasteiger partial charge in [0.05, 0.1) is 24.0 Å². The van der Waals surface area contributed by atoms with Crippen LogP contribution in [0.2, 0.25) is 0 Å². The van der Waals surface area contributed by atoms with Crippen LogP contribution >= 0.6 is 0 Å². The number of hydrogen-bond donors (Lipinski definition) is 0. The lowest BCUT2D eigenvalue weighted by Crippen LogP contribution is -2.29. The predicted molar refractivity (Wildman–Crippen MR) is 40.5 cm³/mol. The molecule has 0 aromatic heterocycles. The Morgan fingerprint density at radius 1 is 0.450 bits per heavy atom. The van der Waals surface area contributed by atoms with Crippen LogP contribution in [-0.2, 0) is 0 Å². The average Bonchev–Trinajstić information content (AvgIpc) is 2.04. The van der Waals surface area contributed by atoms with Crippen molar-refractivity contribution in [3.8, 4) is 0 Å². The van der Waals surface area contributed by atoms with Gasteiger partial charge in [-0.25, -0.2) is 0 Å². The summed E-state index contributed by atoms with van der Waals surface area (Å²) >= 11 is 0. The minimum atomic E-state index is -6.19. The van der Waals surface area contributed by atoms with Gasteiger partial charge in [-0.05, 0) is 0 Å². The molecule has 0 radical (unpaired) electrons. The van der Waals surface area contributed by atoms with Crippen molar-refractivity contribution in [2.75, 3.05) is 0 Å². The van der Waals surface area contributed by atoms with Crippen molar-refractivity contribution in [1.29, 1.82) is 0 Å². The third-order valence-corrected chi connectivity index (χ3v) is 1.80. The van der Waals surface area contributed by atoms with E-state index < -0.39 is 48.7 Å². The topological polar surface area (TPSA) is 0 Å². The first-order valence-corrected chi connectivity index (χ1v) is 4.43. The quantitative estimate of drug-likeness (QED) is 0.476. The van der Waals surface area contributed by atoms with Gasteiger partial charge >= 0.3 is 24.7 Å². The van der Waals surface area contributed by atoms with Gasteiger partial charge in [-0.15, -0.1) is 0 Å². The molecule has 0 unspecified atom stereocenters. The molecule has 0 spiro atoms. The van der Waals surface area contributed by atoms with Crippen molar-refractivity contribution < 1.29 is 52.7 Å². The molecule has 120 valence electrons. The van der Waals surface area contributed by atoms with Gasteiger partial charge in [0.25, 0.3) is 0 Å². The fraction of sp³-hybridized carbons (Fsp3) is 0.750. The van der Waals surface area contributed by atoms with Crippen LogP contribution in [0.15, 0.2) is 11.1 Å². The zero-order chi connectivity index (χ0) is 16.6. The summed E-state index contributed by atoms with van der Waals surface area (Å²) in [6.07, 6.45) is -30.2. The molecule has 0 N–H and O–H groups in total. The summed E-state index contributed by atoms with van der Waals surface area (Å²) < 4.78 is 144. The first-order chi connectivity index (χ1) is 8.43. The summed E-state index contributed by atoms with van der Waals surface area (Å²) in [4.78, 5) is 0. The summed E-state index contributed by atoms with van der Waals surface area (Å²) in [5.74, 6) is 0. The Morgan fingerprint density at radius 3 is 0.750 bits per heavy atom. The molecular weight excluding hydrogens is 324 g/mol. The van der Waals surface area contributed by atoms with Crippen LogP contribution in [0, 0.1) is 0 Å². The average molecular weight is 328 g/mol. The minimum absolute atomic E-state index is 3.15. The molecule has 20 heavy (non-hydrogen) atoms. The Kier molecular flexibility index (Phi) is 5.06. The molecule has 0 amide bonds. The van der Waals surface area contributed by atoms with E-state index in [4.69, 9.17) is 0 Å². The fourth-order valence-electron chi connectivity index (χ4n) is 1.16. The Labute approximate surface area is 103 Å². The molecular formula is C8H4F12. The molecule has 0 aliphatic rings. The molecule has 0 bridgehead atoms. The van der Waals surface area contributed by atoms with E-state index in [1.165, 1.54) is 0 Å². The van der Waals surface area contributed by atoms with Crippen LogP contribution in [0.4, 0.5) is 52.7 Å². The number of hydrogen-bond acceptors (Lipinski definition) is 0. The van der Waals surface area contributed by atoms with Crippen LogP contribution in [-0.4, -0.2) is 24.7 Å². The second-order valence-electron chi connectivity index (χ2n) is 3.54. The number of alkyl halides is 12. The maximum atomic E-state index is 12.2. The first kappa shape index (κ1) is 18.9. The van der Waals surface area contributed by atoms with E-state index in [-0.39, 0.29) is 0 Å². The highest BCUT2D eigenvalue weighted by Crippen LogP contribution is 2.45. The van der Waals surface area contributed by atoms with Crippen molar-refractivity contribution in [3.63, 3.8) is 0 Å². The Bertz CT molecular complexity index is 323. The molecule has 0 saturated carbocycles. The van der Waals surface area contributed by atoms with Gasteiger partial charge in [-0.3, -0.25) is 0 Å². The van der Waals surface area contributed by atoms with Crippen LogP contribution in [0.3, 0.4) is 0 Å². The largest absolute Gasteiger partial charge is 0.413 e. The van der Waals surface area contributed by atoms with Crippen LogP contribution in [0.5, 0.6) is 0 Å². The number of allylic oxidation sites excluding steroid dienone is 2. The number of rotatable bonds is 2. The molecule has 0 aromatic carbocycles. The second-order valence-corrected chi connectivity index (χ2v) is 3.54. The molecule has 0 fully saturated rings.